The SMILES string of the molecule is CC(C)OB(OCc1ccccc1)C(C)C. The standard InChI is InChI=1S/C13H21BO2/c1-11(2)14(16-12(3)4)15-10-13-8-6-5-7-9-13/h5-9,11-12H,10H2,1-4H3. The van der Waals surface area contributed by atoms with Crippen molar-refractivity contribution in [3.05, 3.63) is 35.9 Å². The molecule has 1 aromatic rings. The molecule has 16 heavy (non-hydrogen) atoms. The highest BCUT2D eigenvalue weighted by Gasteiger charge is 2.24. The minimum absolute atomic E-state index is 0.125. The average molecular weight is 220 g/mol. The molecule has 0 amide bonds. The molecule has 0 aliphatic carbocycles. The van der Waals surface area contributed by atoms with Gasteiger partial charge in [-0.15, -0.1) is 0 Å². The number of rotatable bonds is 6. The van der Waals surface area contributed by atoms with E-state index in [4.69, 9.17) is 9.31 Å². The van der Waals surface area contributed by atoms with Crippen LogP contribution in [0.3, 0.4) is 0 Å². The summed E-state index contributed by atoms with van der Waals surface area (Å²) in [6.45, 7) is 8.88. The van der Waals surface area contributed by atoms with Crippen LogP contribution in [0, 0.1) is 0 Å². The van der Waals surface area contributed by atoms with Crippen LogP contribution in [0.15, 0.2) is 30.3 Å². The van der Waals surface area contributed by atoms with Crippen molar-refractivity contribution in [1.82, 2.24) is 0 Å². The first-order chi connectivity index (χ1) is 7.59. The summed E-state index contributed by atoms with van der Waals surface area (Å²) >= 11 is 0. The van der Waals surface area contributed by atoms with E-state index < -0.39 is 0 Å². The van der Waals surface area contributed by atoms with E-state index in [1.54, 1.807) is 0 Å². The maximum atomic E-state index is 5.78. The Morgan fingerprint density at radius 1 is 1.06 bits per heavy atom. The van der Waals surface area contributed by atoms with Gasteiger partial charge in [-0.2, -0.15) is 0 Å². The number of benzene rings is 1. The predicted molar refractivity (Wildman–Crippen MR) is 68.3 cm³/mol. The molecular formula is C13H21BO2. The second kappa shape index (κ2) is 6.72. The molecule has 0 saturated heterocycles. The summed E-state index contributed by atoms with van der Waals surface area (Å²) in [5.41, 5.74) is 1.18. The maximum Gasteiger partial charge on any atom is 0.460 e. The van der Waals surface area contributed by atoms with Gasteiger partial charge in [0.15, 0.2) is 0 Å². The molecule has 0 atom stereocenters. The second-order valence-corrected chi connectivity index (χ2v) is 4.59. The van der Waals surface area contributed by atoms with Gasteiger partial charge in [0.25, 0.3) is 0 Å². The van der Waals surface area contributed by atoms with Gasteiger partial charge < -0.3 is 9.31 Å². The Bertz CT molecular complexity index is 285. The molecule has 0 radical (unpaired) electrons. The Labute approximate surface area is 99.1 Å². The first-order valence-corrected chi connectivity index (χ1v) is 5.90. The maximum absolute atomic E-state index is 5.78. The highest BCUT2D eigenvalue weighted by Crippen LogP contribution is 2.14. The van der Waals surface area contributed by atoms with E-state index in [1.807, 2.05) is 32.0 Å². The van der Waals surface area contributed by atoms with E-state index >= 15 is 0 Å². The molecule has 0 unspecified atom stereocenters. The summed E-state index contributed by atoms with van der Waals surface area (Å²) in [6, 6.07) is 10.2. The van der Waals surface area contributed by atoms with Gasteiger partial charge in [-0.3, -0.25) is 0 Å². The van der Waals surface area contributed by atoms with Crippen LogP contribution in [0.25, 0.3) is 0 Å². The van der Waals surface area contributed by atoms with E-state index in [0.717, 1.165) is 0 Å². The molecule has 88 valence electrons. The Balaban J connectivity index is 2.44. The third-order valence-electron chi connectivity index (χ3n) is 2.21. The minimum atomic E-state index is -0.125. The lowest BCUT2D eigenvalue weighted by atomic mass is 9.74. The molecule has 1 rings (SSSR count). The van der Waals surface area contributed by atoms with Crippen LogP contribution < -0.4 is 0 Å². The van der Waals surface area contributed by atoms with Crippen molar-refractivity contribution < 1.29 is 9.31 Å². The lowest BCUT2D eigenvalue weighted by molar-refractivity contribution is 0.146. The van der Waals surface area contributed by atoms with E-state index in [2.05, 4.69) is 26.0 Å². The first-order valence-electron chi connectivity index (χ1n) is 5.90. The lowest BCUT2D eigenvalue weighted by Gasteiger charge is -2.20. The van der Waals surface area contributed by atoms with E-state index in [0.29, 0.717) is 12.4 Å². The molecule has 0 bridgehead atoms. The van der Waals surface area contributed by atoms with Crippen molar-refractivity contribution in [3.63, 3.8) is 0 Å². The normalized spacial score (nSPS) is 11.1. The van der Waals surface area contributed by atoms with Crippen molar-refractivity contribution in [2.45, 2.75) is 46.2 Å². The van der Waals surface area contributed by atoms with Crippen LogP contribution in [-0.4, -0.2) is 13.2 Å². The third-order valence-corrected chi connectivity index (χ3v) is 2.21. The molecule has 0 aliphatic heterocycles. The third kappa shape index (κ3) is 4.82. The van der Waals surface area contributed by atoms with Gasteiger partial charge in [0, 0.05) is 6.10 Å². The summed E-state index contributed by atoms with van der Waals surface area (Å²) in [5.74, 6) is 0.367. The van der Waals surface area contributed by atoms with Crippen molar-refractivity contribution in [1.29, 1.82) is 0 Å². The van der Waals surface area contributed by atoms with Gasteiger partial charge in [0.05, 0.1) is 6.61 Å². The molecule has 0 aliphatic rings. The van der Waals surface area contributed by atoms with Gasteiger partial charge in [-0.25, -0.2) is 0 Å². The smallest absolute Gasteiger partial charge is 0.409 e. The summed E-state index contributed by atoms with van der Waals surface area (Å²) in [5, 5.41) is 0. The molecule has 2 nitrogen and oxygen atoms in total. The molecule has 0 fully saturated rings. The Kier molecular flexibility index (Phi) is 5.57. The zero-order chi connectivity index (χ0) is 12.0. The number of hydrogen-bond donors (Lipinski definition) is 0. The molecule has 0 N–H and O–H groups in total. The summed E-state index contributed by atoms with van der Waals surface area (Å²) in [6.07, 6.45) is 0.197. The van der Waals surface area contributed by atoms with E-state index in [-0.39, 0.29) is 13.2 Å². The van der Waals surface area contributed by atoms with Gasteiger partial charge in [-0.1, -0.05) is 44.2 Å². The van der Waals surface area contributed by atoms with Gasteiger partial charge in [0.1, 0.15) is 0 Å². The highest BCUT2D eigenvalue weighted by atomic mass is 16.6. The van der Waals surface area contributed by atoms with Crippen molar-refractivity contribution in [2.24, 2.45) is 0 Å². The highest BCUT2D eigenvalue weighted by molar-refractivity contribution is 6.46. The van der Waals surface area contributed by atoms with Crippen LogP contribution >= 0.6 is 0 Å². The minimum Gasteiger partial charge on any atom is -0.409 e. The quantitative estimate of drug-likeness (QED) is 0.682. The van der Waals surface area contributed by atoms with Gasteiger partial charge >= 0.3 is 7.12 Å². The van der Waals surface area contributed by atoms with Crippen LogP contribution in [-0.2, 0) is 15.9 Å². The van der Waals surface area contributed by atoms with Crippen LogP contribution in [0.1, 0.15) is 33.3 Å². The lowest BCUT2D eigenvalue weighted by Crippen LogP contribution is -2.29. The largest absolute Gasteiger partial charge is 0.460 e. The molecule has 0 aromatic heterocycles. The van der Waals surface area contributed by atoms with Gasteiger partial charge in [-0.05, 0) is 25.2 Å². The molecular weight excluding hydrogens is 199 g/mol. The van der Waals surface area contributed by atoms with Crippen molar-refractivity contribution in [3.8, 4) is 0 Å². The molecule has 3 heteroatoms. The molecule has 0 spiro atoms. The van der Waals surface area contributed by atoms with Crippen LogP contribution in [0.2, 0.25) is 5.82 Å². The van der Waals surface area contributed by atoms with Crippen LogP contribution in [0.5, 0.6) is 0 Å². The Morgan fingerprint density at radius 3 is 2.19 bits per heavy atom. The fraction of sp³-hybridized carbons (Fsp3) is 0.538. The topological polar surface area (TPSA) is 18.5 Å². The summed E-state index contributed by atoms with van der Waals surface area (Å²) < 4.78 is 11.5. The number of hydrogen-bond acceptors (Lipinski definition) is 2. The van der Waals surface area contributed by atoms with Gasteiger partial charge in [0.2, 0.25) is 0 Å². The van der Waals surface area contributed by atoms with Crippen LogP contribution in [0.4, 0.5) is 0 Å². The second-order valence-electron chi connectivity index (χ2n) is 4.59. The summed E-state index contributed by atoms with van der Waals surface area (Å²) in [7, 11) is -0.125. The zero-order valence-electron chi connectivity index (χ0n) is 10.6. The first kappa shape index (κ1) is 13.3. The monoisotopic (exact) mass is 220 g/mol. The average Bonchev–Trinajstić information content (AvgIpc) is 2.25. The van der Waals surface area contributed by atoms with Crippen molar-refractivity contribution >= 4 is 7.12 Å². The Hall–Kier alpha value is -0.795. The molecule has 1 aromatic carbocycles. The van der Waals surface area contributed by atoms with E-state index in [1.165, 1.54) is 5.56 Å². The fourth-order valence-corrected chi connectivity index (χ4v) is 1.41. The Morgan fingerprint density at radius 2 is 1.69 bits per heavy atom. The predicted octanol–water partition coefficient (Wildman–Crippen LogP) is 3.53. The van der Waals surface area contributed by atoms with E-state index in [9.17, 15) is 0 Å². The zero-order valence-corrected chi connectivity index (χ0v) is 10.6. The molecule has 0 heterocycles. The summed E-state index contributed by atoms with van der Waals surface area (Å²) in [4.78, 5) is 0. The van der Waals surface area contributed by atoms with Crippen molar-refractivity contribution in [2.75, 3.05) is 0 Å². The fourth-order valence-electron chi connectivity index (χ4n) is 1.41. The molecule has 0 saturated carbocycles.